The van der Waals surface area contributed by atoms with E-state index in [4.69, 9.17) is 11.5 Å². The molecule has 0 aliphatic heterocycles. The summed E-state index contributed by atoms with van der Waals surface area (Å²) in [7, 11) is 0. The molecule has 0 bridgehead atoms. The van der Waals surface area contributed by atoms with Crippen molar-refractivity contribution in [3.63, 3.8) is 0 Å². The first kappa shape index (κ1) is 19.4. The van der Waals surface area contributed by atoms with Crippen molar-refractivity contribution in [3.8, 4) is 0 Å². The van der Waals surface area contributed by atoms with E-state index in [1.54, 1.807) is 0 Å². The van der Waals surface area contributed by atoms with Crippen LogP contribution in [-0.4, -0.2) is 11.7 Å². The Kier molecular flexibility index (Phi) is 6.30. The van der Waals surface area contributed by atoms with Crippen LogP contribution < -0.4 is 11.5 Å². The van der Waals surface area contributed by atoms with E-state index >= 15 is 0 Å². The average Bonchev–Trinajstić information content (AvgIpc) is 2.48. The van der Waals surface area contributed by atoms with E-state index in [9.17, 15) is 17.6 Å². The Morgan fingerprint density at radius 1 is 0.792 bits per heavy atom. The van der Waals surface area contributed by atoms with Crippen LogP contribution in [0, 0.1) is 5.82 Å². The van der Waals surface area contributed by atoms with Crippen molar-refractivity contribution < 1.29 is 17.6 Å². The SMILES string of the molecule is Cl.NC(N)=N/N=C(\c1ccc(F)cc1)c1ccc(C(F)(F)F)cc1. The first-order valence-electron chi connectivity index (χ1n) is 6.37. The quantitative estimate of drug-likeness (QED) is 0.381. The van der Waals surface area contributed by atoms with Gasteiger partial charge in [-0.05, 0) is 36.4 Å². The van der Waals surface area contributed by atoms with Gasteiger partial charge in [-0.1, -0.05) is 12.1 Å². The summed E-state index contributed by atoms with van der Waals surface area (Å²) in [4.78, 5) is 0. The molecule has 0 aliphatic rings. The standard InChI is InChI=1S/C15H12F4N4.ClH/c16-12-7-3-10(4-8-12)13(22-23-14(20)21)9-1-5-11(6-2-9)15(17,18)19;/h1-8H,(H4,20,21,23);1H/b22-13-;. The van der Waals surface area contributed by atoms with Gasteiger partial charge in [-0.2, -0.15) is 13.2 Å². The van der Waals surface area contributed by atoms with Gasteiger partial charge in [0.2, 0.25) is 5.96 Å². The smallest absolute Gasteiger partial charge is 0.369 e. The summed E-state index contributed by atoms with van der Waals surface area (Å²) in [6, 6.07) is 9.57. The number of halogens is 5. The third kappa shape index (κ3) is 4.95. The van der Waals surface area contributed by atoms with Crippen molar-refractivity contribution in [3.05, 3.63) is 71.0 Å². The molecule has 0 saturated heterocycles. The van der Waals surface area contributed by atoms with Gasteiger partial charge in [-0.25, -0.2) is 4.39 Å². The van der Waals surface area contributed by atoms with Gasteiger partial charge in [0.1, 0.15) is 11.5 Å². The van der Waals surface area contributed by atoms with Gasteiger partial charge in [-0.3, -0.25) is 0 Å². The highest BCUT2D eigenvalue weighted by atomic mass is 35.5. The van der Waals surface area contributed by atoms with Gasteiger partial charge in [0.25, 0.3) is 0 Å². The summed E-state index contributed by atoms with van der Waals surface area (Å²) in [5, 5.41) is 7.35. The normalized spacial score (nSPS) is 11.6. The molecule has 0 aromatic heterocycles. The Balaban J connectivity index is 0.00000288. The summed E-state index contributed by atoms with van der Waals surface area (Å²) in [5.41, 5.74) is 10.7. The van der Waals surface area contributed by atoms with Crippen molar-refractivity contribution in [1.29, 1.82) is 0 Å². The lowest BCUT2D eigenvalue weighted by Gasteiger charge is -2.09. The van der Waals surface area contributed by atoms with E-state index in [1.165, 1.54) is 36.4 Å². The second-order valence-corrected chi connectivity index (χ2v) is 4.56. The van der Waals surface area contributed by atoms with Crippen molar-refractivity contribution >= 4 is 24.1 Å². The lowest BCUT2D eigenvalue weighted by Crippen LogP contribution is -2.22. The first-order chi connectivity index (χ1) is 10.8. The van der Waals surface area contributed by atoms with E-state index in [1.807, 2.05) is 0 Å². The van der Waals surface area contributed by atoms with Crippen LogP contribution in [0.5, 0.6) is 0 Å². The second-order valence-electron chi connectivity index (χ2n) is 4.56. The monoisotopic (exact) mass is 360 g/mol. The maximum Gasteiger partial charge on any atom is 0.416 e. The van der Waals surface area contributed by atoms with Gasteiger partial charge in [0.15, 0.2) is 0 Å². The molecule has 0 fully saturated rings. The molecule has 0 aliphatic carbocycles. The highest BCUT2D eigenvalue weighted by Gasteiger charge is 2.30. The molecule has 0 heterocycles. The highest BCUT2D eigenvalue weighted by Crippen LogP contribution is 2.29. The summed E-state index contributed by atoms with van der Waals surface area (Å²) in [6.07, 6.45) is -4.44. The molecule has 2 aromatic rings. The minimum atomic E-state index is -4.44. The zero-order chi connectivity index (χ0) is 17.0. The molecular formula is C15H13ClF4N4. The molecule has 24 heavy (non-hydrogen) atoms. The maximum atomic E-state index is 13.0. The zero-order valence-electron chi connectivity index (χ0n) is 12.1. The van der Waals surface area contributed by atoms with Crippen LogP contribution in [0.1, 0.15) is 16.7 Å². The Labute approximate surface area is 141 Å². The number of benzene rings is 2. The Morgan fingerprint density at radius 3 is 1.67 bits per heavy atom. The number of hydrogen-bond acceptors (Lipinski definition) is 2. The fourth-order valence-electron chi connectivity index (χ4n) is 1.81. The zero-order valence-corrected chi connectivity index (χ0v) is 12.9. The number of guanidine groups is 1. The fraction of sp³-hybridized carbons (Fsp3) is 0.0667. The van der Waals surface area contributed by atoms with Crippen LogP contribution >= 0.6 is 12.4 Å². The van der Waals surface area contributed by atoms with Gasteiger partial charge >= 0.3 is 6.18 Å². The van der Waals surface area contributed by atoms with E-state index < -0.39 is 17.6 Å². The second kappa shape index (κ2) is 7.78. The lowest BCUT2D eigenvalue weighted by molar-refractivity contribution is -0.137. The van der Waals surface area contributed by atoms with Crippen molar-refractivity contribution in [2.75, 3.05) is 0 Å². The van der Waals surface area contributed by atoms with Gasteiger partial charge in [-0.15, -0.1) is 22.6 Å². The van der Waals surface area contributed by atoms with Gasteiger partial charge < -0.3 is 11.5 Å². The minimum Gasteiger partial charge on any atom is -0.369 e. The number of nitrogens with two attached hydrogens (primary N) is 2. The summed E-state index contributed by atoms with van der Waals surface area (Å²) >= 11 is 0. The average molecular weight is 361 g/mol. The molecule has 0 atom stereocenters. The van der Waals surface area contributed by atoms with E-state index in [0.717, 1.165) is 12.1 Å². The number of hydrogen-bond donors (Lipinski definition) is 2. The van der Waals surface area contributed by atoms with Crippen LogP contribution in [-0.2, 0) is 6.18 Å². The third-order valence-electron chi connectivity index (χ3n) is 2.87. The molecule has 0 spiro atoms. The molecule has 9 heteroatoms. The van der Waals surface area contributed by atoms with Crippen LogP contribution in [0.15, 0.2) is 58.7 Å². The van der Waals surface area contributed by atoms with Crippen LogP contribution in [0.25, 0.3) is 0 Å². The van der Waals surface area contributed by atoms with Gasteiger partial charge in [0, 0.05) is 11.1 Å². The topological polar surface area (TPSA) is 76.8 Å². The van der Waals surface area contributed by atoms with E-state index in [0.29, 0.717) is 11.1 Å². The molecule has 2 aromatic carbocycles. The first-order valence-corrected chi connectivity index (χ1v) is 6.37. The van der Waals surface area contributed by atoms with Crippen LogP contribution in [0.4, 0.5) is 17.6 Å². The highest BCUT2D eigenvalue weighted by molar-refractivity contribution is 6.13. The molecule has 2 rings (SSSR count). The minimum absolute atomic E-state index is 0. The van der Waals surface area contributed by atoms with Crippen LogP contribution in [0.3, 0.4) is 0 Å². The van der Waals surface area contributed by atoms with E-state index in [-0.39, 0.29) is 24.1 Å². The molecule has 4 nitrogen and oxygen atoms in total. The van der Waals surface area contributed by atoms with Crippen LogP contribution in [0.2, 0.25) is 0 Å². The summed E-state index contributed by atoms with van der Waals surface area (Å²) < 4.78 is 50.9. The van der Waals surface area contributed by atoms with Crippen molar-refractivity contribution in [1.82, 2.24) is 0 Å². The predicted octanol–water partition coefficient (Wildman–Crippen LogP) is 3.29. The Morgan fingerprint density at radius 2 is 1.25 bits per heavy atom. The fourth-order valence-corrected chi connectivity index (χ4v) is 1.81. The Bertz CT molecular complexity index is 734. The summed E-state index contributed by atoms with van der Waals surface area (Å²) in [6.45, 7) is 0. The predicted molar refractivity (Wildman–Crippen MR) is 86.5 cm³/mol. The lowest BCUT2D eigenvalue weighted by atomic mass is 10.0. The third-order valence-corrected chi connectivity index (χ3v) is 2.87. The summed E-state index contributed by atoms with van der Waals surface area (Å²) in [5.74, 6) is -0.765. The molecular weight excluding hydrogens is 348 g/mol. The number of nitrogens with zero attached hydrogens (tertiary/aromatic N) is 2. The van der Waals surface area contributed by atoms with E-state index in [2.05, 4.69) is 10.2 Å². The molecule has 0 unspecified atom stereocenters. The maximum absolute atomic E-state index is 13.0. The molecule has 128 valence electrons. The van der Waals surface area contributed by atoms with Gasteiger partial charge in [0.05, 0.1) is 5.56 Å². The van der Waals surface area contributed by atoms with Crippen molar-refractivity contribution in [2.24, 2.45) is 21.7 Å². The molecule has 0 radical (unpaired) electrons. The molecule has 0 saturated carbocycles. The molecule has 4 N–H and O–H groups in total. The van der Waals surface area contributed by atoms with Crippen molar-refractivity contribution in [2.45, 2.75) is 6.18 Å². The Hall–Kier alpha value is -2.61. The number of rotatable bonds is 3. The molecule has 0 amide bonds. The largest absolute Gasteiger partial charge is 0.416 e. The number of alkyl halides is 3.